The zero-order valence-electron chi connectivity index (χ0n) is 13.8. The molecule has 6 nitrogen and oxygen atoms in total. The molecule has 2 N–H and O–H groups in total. The van der Waals surface area contributed by atoms with Crippen LogP contribution in [0.1, 0.15) is 39.3 Å². The van der Waals surface area contributed by atoms with Crippen LogP contribution in [0.3, 0.4) is 0 Å². The molecule has 0 bridgehead atoms. The average molecular weight is 317 g/mol. The van der Waals surface area contributed by atoms with E-state index in [0.29, 0.717) is 25.1 Å². The lowest BCUT2D eigenvalue weighted by Crippen LogP contribution is -2.50. The third-order valence-electron chi connectivity index (χ3n) is 4.04. The summed E-state index contributed by atoms with van der Waals surface area (Å²) in [6, 6.07) is 3.78. The molecule has 0 spiro atoms. The summed E-state index contributed by atoms with van der Waals surface area (Å²) >= 11 is 0. The maximum Gasteiger partial charge on any atom is 0.410 e. The SMILES string of the molecule is CC(C)(C)OC(=O)N1CCCC(O)(c2nccc3[nH]ccc23)C1. The van der Waals surface area contributed by atoms with Gasteiger partial charge in [0, 0.05) is 29.8 Å². The zero-order valence-corrected chi connectivity index (χ0v) is 13.8. The van der Waals surface area contributed by atoms with Crippen LogP contribution in [0.4, 0.5) is 4.79 Å². The molecule has 1 saturated heterocycles. The number of rotatable bonds is 1. The number of H-pyrrole nitrogens is 1. The maximum absolute atomic E-state index is 12.3. The molecule has 3 heterocycles. The van der Waals surface area contributed by atoms with Crippen molar-refractivity contribution in [2.45, 2.75) is 44.8 Å². The number of amides is 1. The predicted octanol–water partition coefficient (Wildman–Crippen LogP) is 2.78. The number of pyridine rings is 1. The minimum Gasteiger partial charge on any atom is -0.444 e. The molecule has 124 valence electrons. The third kappa shape index (κ3) is 3.17. The van der Waals surface area contributed by atoms with E-state index in [9.17, 15) is 9.90 Å². The Kier molecular flexibility index (Phi) is 3.80. The Hall–Kier alpha value is -2.08. The molecule has 2 aromatic heterocycles. The second-order valence-electron chi connectivity index (χ2n) is 7.14. The molecular formula is C17H23N3O3. The van der Waals surface area contributed by atoms with E-state index < -0.39 is 17.3 Å². The number of aliphatic hydroxyl groups is 1. The Morgan fingerprint density at radius 3 is 2.96 bits per heavy atom. The van der Waals surface area contributed by atoms with Crippen molar-refractivity contribution in [2.75, 3.05) is 13.1 Å². The van der Waals surface area contributed by atoms with Crippen LogP contribution < -0.4 is 0 Å². The van der Waals surface area contributed by atoms with Crippen LogP contribution in [0.15, 0.2) is 24.5 Å². The number of aromatic nitrogens is 2. The number of carbonyl (C=O) groups is 1. The number of nitrogens with one attached hydrogen (secondary N) is 1. The summed E-state index contributed by atoms with van der Waals surface area (Å²) < 4.78 is 5.43. The van der Waals surface area contributed by atoms with Gasteiger partial charge in [-0.1, -0.05) is 0 Å². The lowest BCUT2D eigenvalue weighted by molar-refractivity contribution is -0.0480. The van der Waals surface area contributed by atoms with Gasteiger partial charge in [-0.05, 0) is 45.7 Å². The highest BCUT2D eigenvalue weighted by Gasteiger charge is 2.40. The second-order valence-corrected chi connectivity index (χ2v) is 7.14. The minimum absolute atomic E-state index is 0.194. The largest absolute Gasteiger partial charge is 0.444 e. The van der Waals surface area contributed by atoms with Crippen molar-refractivity contribution in [1.29, 1.82) is 0 Å². The molecule has 0 aliphatic carbocycles. The molecule has 1 unspecified atom stereocenters. The molecule has 0 aromatic carbocycles. The fourth-order valence-electron chi connectivity index (χ4n) is 3.07. The fourth-order valence-corrected chi connectivity index (χ4v) is 3.07. The molecule has 3 rings (SSSR count). The van der Waals surface area contributed by atoms with Crippen molar-refractivity contribution >= 4 is 17.0 Å². The molecule has 0 radical (unpaired) electrons. The summed E-state index contributed by atoms with van der Waals surface area (Å²) in [5, 5.41) is 12.0. The van der Waals surface area contributed by atoms with Crippen LogP contribution in [0, 0.1) is 0 Å². The van der Waals surface area contributed by atoms with Gasteiger partial charge in [0.1, 0.15) is 11.2 Å². The maximum atomic E-state index is 12.3. The van der Waals surface area contributed by atoms with E-state index in [4.69, 9.17) is 4.74 Å². The Morgan fingerprint density at radius 2 is 2.22 bits per heavy atom. The molecule has 2 aromatic rings. The van der Waals surface area contributed by atoms with Gasteiger partial charge in [-0.3, -0.25) is 4.98 Å². The number of fused-ring (bicyclic) bond motifs is 1. The van der Waals surface area contributed by atoms with Crippen molar-refractivity contribution < 1.29 is 14.6 Å². The van der Waals surface area contributed by atoms with Crippen LogP contribution in [0.25, 0.3) is 10.9 Å². The standard InChI is InChI=1S/C17H23N3O3/c1-16(2,3)23-15(21)20-10-4-7-17(22,11-20)14-12-5-8-18-13(12)6-9-19-14/h5-6,8-9,18,22H,4,7,10-11H2,1-3H3. The van der Waals surface area contributed by atoms with Gasteiger partial charge in [0.05, 0.1) is 12.2 Å². The van der Waals surface area contributed by atoms with Crippen LogP contribution >= 0.6 is 0 Å². The number of hydrogen-bond acceptors (Lipinski definition) is 4. The highest BCUT2D eigenvalue weighted by molar-refractivity contribution is 5.82. The Labute approximate surface area is 135 Å². The van der Waals surface area contributed by atoms with Gasteiger partial charge in [-0.15, -0.1) is 0 Å². The Bertz CT molecular complexity index is 719. The van der Waals surface area contributed by atoms with E-state index >= 15 is 0 Å². The molecule has 1 atom stereocenters. The Balaban J connectivity index is 1.87. The normalized spacial score (nSPS) is 22.3. The third-order valence-corrected chi connectivity index (χ3v) is 4.04. The van der Waals surface area contributed by atoms with Crippen molar-refractivity contribution in [1.82, 2.24) is 14.9 Å². The fraction of sp³-hybridized carbons (Fsp3) is 0.529. The summed E-state index contributed by atoms with van der Waals surface area (Å²) in [7, 11) is 0. The first-order chi connectivity index (χ1) is 10.8. The first kappa shape index (κ1) is 15.8. The molecule has 1 fully saturated rings. The average Bonchev–Trinajstić information content (AvgIpc) is 2.93. The first-order valence-corrected chi connectivity index (χ1v) is 7.91. The zero-order chi connectivity index (χ0) is 16.7. The first-order valence-electron chi connectivity index (χ1n) is 7.91. The lowest BCUT2D eigenvalue weighted by Gasteiger charge is -2.39. The molecule has 23 heavy (non-hydrogen) atoms. The molecular weight excluding hydrogens is 294 g/mol. The number of piperidine rings is 1. The smallest absolute Gasteiger partial charge is 0.410 e. The number of aromatic amines is 1. The minimum atomic E-state index is -1.16. The van der Waals surface area contributed by atoms with Crippen LogP contribution in [0.5, 0.6) is 0 Å². The van der Waals surface area contributed by atoms with Crippen molar-refractivity contribution in [3.8, 4) is 0 Å². The van der Waals surface area contributed by atoms with Crippen molar-refractivity contribution in [2.24, 2.45) is 0 Å². The monoisotopic (exact) mass is 317 g/mol. The van der Waals surface area contributed by atoms with Crippen LogP contribution in [-0.2, 0) is 10.3 Å². The highest BCUT2D eigenvalue weighted by atomic mass is 16.6. The highest BCUT2D eigenvalue weighted by Crippen LogP contribution is 2.34. The second kappa shape index (κ2) is 5.53. The number of β-amino-alcohol motifs (C(OH)–C–C–N with tert-alkyl or cyclic N) is 1. The van der Waals surface area contributed by atoms with Gasteiger partial charge in [0.25, 0.3) is 0 Å². The quantitative estimate of drug-likeness (QED) is 0.848. The van der Waals surface area contributed by atoms with Crippen molar-refractivity contribution in [3.63, 3.8) is 0 Å². The number of hydrogen-bond donors (Lipinski definition) is 2. The number of likely N-dealkylation sites (tertiary alicyclic amines) is 1. The van der Waals surface area contributed by atoms with E-state index in [0.717, 1.165) is 10.9 Å². The molecule has 0 saturated carbocycles. The van der Waals surface area contributed by atoms with E-state index in [2.05, 4.69) is 9.97 Å². The number of ether oxygens (including phenoxy) is 1. The van der Waals surface area contributed by atoms with E-state index in [1.54, 1.807) is 11.1 Å². The summed E-state index contributed by atoms with van der Waals surface area (Å²) in [4.78, 5) is 21.4. The van der Waals surface area contributed by atoms with Gasteiger partial charge < -0.3 is 19.7 Å². The molecule has 1 amide bonds. The van der Waals surface area contributed by atoms with E-state index in [1.807, 2.05) is 39.1 Å². The summed E-state index contributed by atoms with van der Waals surface area (Å²) in [5.41, 5.74) is -0.162. The van der Waals surface area contributed by atoms with E-state index in [1.165, 1.54) is 0 Å². The Morgan fingerprint density at radius 1 is 1.43 bits per heavy atom. The summed E-state index contributed by atoms with van der Waals surface area (Å²) in [6.45, 7) is 6.29. The van der Waals surface area contributed by atoms with Gasteiger partial charge >= 0.3 is 6.09 Å². The van der Waals surface area contributed by atoms with Crippen LogP contribution in [-0.4, -0.2) is 44.8 Å². The lowest BCUT2D eigenvalue weighted by atomic mass is 9.87. The van der Waals surface area contributed by atoms with Gasteiger partial charge in [0.15, 0.2) is 0 Å². The molecule has 1 aliphatic heterocycles. The van der Waals surface area contributed by atoms with Gasteiger partial charge in [0.2, 0.25) is 0 Å². The number of carbonyl (C=O) groups excluding carboxylic acids is 1. The van der Waals surface area contributed by atoms with Gasteiger partial charge in [-0.2, -0.15) is 0 Å². The van der Waals surface area contributed by atoms with Gasteiger partial charge in [-0.25, -0.2) is 4.79 Å². The topological polar surface area (TPSA) is 78.4 Å². The van der Waals surface area contributed by atoms with Crippen molar-refractivity contribution in [3.05, 3.63) is 30.2 Å². The molecule has 1 aliphatic rings. The van der Waals surface area contributed by atoms with E-state index in [-0.39, 0.29) is 6.54 Å². The van der Waals surface area contributed by atoms with Crippen LogP contribution in [0.2, 0.25) is 0 Å². The summed E-state index contributed by atoms with van der Waals surface area (Å²) in [5.74, 6) is 0. The number of nitrogens with zero attached hydrogens (tertiary/aromatic N) is 2. The summed E-state index contributed by atoms with van der Waals surface area (Å²) in [6.07, 6.45) is 4.39. The predicted molar refractivity (Wildman–Crippen MR) is 87.0 cm³/mol. The molecule has 6 heteroatoms.